The molecule has 106 valence electrons. The highest BCUT2D eigenvalue weighted by atomic mass is 32.2. The molecular formula is C10H13F2N3O3S. The van der Waals surface area contributed by atoms with Crippen LogP contribution in [0.4, 0.5) is 19.3 Å². The average Bonchev–Trinajstić information content (AvgIpc) is 2.34. The predicted molar refractivity (Wildman–Crippen MR) is 65.7 cm³/mol. The molecule has 0 atom stereocenters. The number of anilines is 1. The van der Waals surface area contributed by atoms with Gasteiger partial charge in [-0.25, -0.2) is 13.2 Å². The van der Waals surface area contributed by atoms with Crippen LogP contribution < -0.4 is 16.4 Å². The molecule has 0 spiro atoms. The molecule has 1 rings (SSSR count). The molecule has 6 nitrogen and oxygen atoms in total. The number of alkyl halides is 2. The molecule has 0 saturated carbocycles. The highest BCUT2D eigenvalue weighted by Gasteiger charge is 2.28. The maximum absolute atomic E-state index is 12.5. The number of sulfone groups is 1. The largest absolute Gasteiger partial charge is 0.382 e. The van der Waals surface area contributed by atoms with Crippen LogP contribution in [0.5, 0.6) is 0 Å². The van der Waals surface area contributed by atoms with Crippen molar-refractivity contribution in [2.45, 2.75) is 10.7 Å². The summed E-state index contributed by atoms with van der Waals surface area (Å²) in [6, 6.07) is 4.58. The summed E-state index contributed by atoms with van der Waals surface area (Å²) >= 11 is 0. The smallest absolute Gasteiger partial charge is 0.341 e. The lowest BCUT2D eigenvalue weighted by Crippen LogP contribution is -2.33. The fraction of sp³-hybridized carbons (Fsp3) is 0.300. The molecule has 2 amide bonds. The summed E-state index contributed by atoms with van der Waals surface area (Å²) in [6.45, 7) is 0.289. The minimum Gasteiger partial charge on any atom is -0.382 e. The zero-order chi connectivity index (χ0) is 14.5. The van der Waals surface area contributed by atoms with Crippen LogP contribution in [0, 0.1) is 0 Å². The van der Waals surface area contributed by atoms with Crippen molar-refractivity contribution in [3.05, 3.63) is 24.3 Å². The molecule has 19 heavy (non-hydrogen) atoms. The molecule has 0 aliphatic rings. The van der Waals surface area contributed by atoms with Crippen LogP contribution in [-0.4, -0.2) is 33.3 Å². The fourth-order valence-electron chi connectivity index (χ4n) is 1.34. The number of nitrogens with two attached hydrogens (primary N) is 1. The van der Waals surface area contributed by atoms with E-state index in [-0.39, 0.29) is 18.8 Å². The van der Waals surface area contributed by atoms with E-state index in [1.54, 1.807) is 0 Å². The number of carbonyl (C=O) groups is 1. The van der Waals surface area contributed by atoms with Gasteiger partial charge in [0.25, 0.3) is 0 Å². The van der Waals surface area contributed by atoms with E-state index in [9.17, 15) is 22.0 Å². The highest BCUT2D eigenvalue weighted by Crippen LogP contribution is 2.25. The van der Waals surface area contributed by atoms with E-state index < -0.39 is 26.5 Å². The molecule has 1 aromatic carbocycles. The number of halogens is 2. The Hall–Kier alpha value is -1.90. The van der Waals surface area contributed by atoms with E-state index in [1.807, 2.05) is 0 Å². The second-order valence-corrected chi connectivity index (χ2v) is 5.41. The Balaban J connectivity index is 2.83. The zero-order valence-electron chi connectivity index (χ0n) is 9.77. The lowest BCUT2D eigenvalue weighted by molar-refractivity contribution is 0.235. The average molecular weight is 293 g/mol. The zero-order valence-corrected chi connectivity index (χ0v) is 10.6. The molecule has 0 bridgehead atoms. The molecule has 0 fully saturated rings. The third-order valence-corrected chi connectivity index (χ3v) is 3.61. The maximum atomic E-state index is 12.5. The SMILES string of the molecule is NC(=O)NCCNc1ccccc1S(=O)(=O)C(F)F. The summed E-state index contributed by atoms with van der Waals surface area (Å²) < 4.78 is 47.8. The van der Waals surface area contributed by atoms with Gasteiger partial charge in [-0.1, -0.05) is 12.1 Å². The Morgan fingerprint density at radius 2 is 1.89 bits per heavy atom. The predicted octanol–water partition coefficient (Wildman–Crippen LogP) is 0.763. The highest BCUT2D eigenvalue weighted by molar-refractivity contribution is 7.91. The number of primary amides is 1. The fourth-order valence-corrected chi connectivity index (χ4v) is 2.25. The first-order valence-electron chi connectivity index (χ1n) is 5.24. The van der Waals surface area contributed by atoms with E-state index >= 15 is 0 Å². The Kier molecular flexibility index (Phi) is 5.04. The normalized spacial score (nSPS) is 11.3. The maximum Gasteiger partial charge on any atom is 0.341 e. The quantitative estimate of drug-likeness (QED) is 0.674. The van der Waals surface area contributed by atoms with Gasteiger partial charge in [-0.3, -0.25) is 0 Å². The van der Waals surface area contributed by atoms with Gasteiger partial charge in [0.15, 0.2) is 0 Å². The Morgan fingerprint density at radius 1 is 1.26 bits per heavy atom. The van der Waals surface area contributed by atoms with Gasteiger partial charge in [-0.05, 0) is 12.1 Å². The van der Waals surface area contributed by atoms with Gasteiger partial charge >= 0.3 is 11.8 Å². The van der Waals surface area contributed by atoms with E-state index in [1.165, 1.54) is 18.2 Å². The molecule has 1 aromatic rings. The lowest BCUT2D eigenvalue weighted by atomic mass is 10.3. The van der Waals surface area contributed by atoms with Gasteiger partial charge in [-0.2, -0.15) is 8.78 Å². The molecule has 0 heterocycles. The molecule has 0 radical (unpaired) electrons. The molecule has 9 heteroatoms. The minimum atomic E-state index is -4.67. The number of hydrogen-bond donors (Lipinski definition) is 3. The number of amides is 2. The minimum absolute atomic E-state index is 0.0501. The lowest BCUT2D eigenvalue weighted by Gasteiger charge is -2.12. The van der Waals surface area contributed by atoms with E-state index in [0.717, 1.165) is 6.07 Å². The second-order valence-electron chi connectivity index (χ2n) is 3.52. The summed E-state index contributed by atoms with van der Waals surface area (Å²) in [5.41, 5.74) is 4.89. The van der Waals surface area contributed by atoms with Crippen molar-refractivity contribution in [3.8, 4) is 0 Å². The summed E-state index contributed by atoms with van der Waals surface area (Å²) in [5, 5.41) is 4.92. The third-order valence-electron chi connectivity index (χ3n) is 2.17. The molecule has 0 unspecified atom stereocenters. The number of benzene rings is 1. The van der Waals surface area contributed by atoms with Crippen LogP contribution in [0.25, 0.3) is 0 Å². The van der Waals surface area contributed by atoms with Crippen molar-refractivity contribution >= 4 is 21.6 Å². The summed E-state index contributed by atoms with van der Waals surface area (Å²) in [6.07, 6.45) is 0. The summed E-state index contributed by atoms with van der Waals surface area (Å²) in [4.78, 5) is 9.93. The van der Waals surface area contributed by atoms with Crippen LogP contribution in [-0.2, 0) is 9.84 Å². The first-order chi connectivity index (χ1) is 8.85. The molecular weight excluding hydrogens is 280 g/mol. The van der Waals surface area contributed by atoms with Crippen molar-refractivity contribution in [1.29, 1.82) is 0 Å². The van der Waals surface area contributed by atoms with Gasteiger partial charge in [-0.15, -0.1) is 0 Å². The molecule has 0 aliphatic carbocycles. The van der Waals surface area contributed by atoms with Crippen molar-refractivity contribution in [2.75, 3.05) is 18.4 Å². The number of urea groups is 1. The number of nitrogens with one attached hydrogen (secondary N) is 2. The van der Waals surface area contributed by atoms with E-state index in [2.05, 4.69) is 10.6 Å². The van der Waals surface area contributed by atoms with Gasteiger partial charge < -0.3 is 16.4 Å². The van der Waals surface area contributed by atoms with Gasteiger partial charge in [0, 0.05) is 13.1 Å². The van der Waals surface area contributed by atoms with Crippen molar-refractivity contribution in [1.82, 2.24) is 5.32 Å². The number of carbonyl (C=O) groups excluding carboxylic acids is 1. The summed E-state index contributed by atoms with van der Waals surface area (Å²) in [5.74, 6) is -3.49. The van der Waals surface area contributed by atoms with Gasteiger partial charge in [0.05, 0.1) is 10.6 Å². The number of hydrogen-bond acceptors (Lipinski definition) is 4. The van der Waals surface area contributed by atoms with Crippen molar-refractivity contribution in [2.24, 2.45) is 5.73 Å². The van der Waals surface area contributed by atoms with Crippen LogP contribution in [0.1, 0.15) is 0 Å². The van der Waals surface area contributed by atoms with E-state index in [4.69, 9.17) is 5.73 Å². The Labute approximate surface area is 108 Å². The Morgan fingerprint density at radius 3 is 2.47 bits per heavy atom. The van der Waals surface area contributed by atoms with Crippen LogP contribution in [0.2, 0.25) is 0 Å². The van der Waals surface area contributed by atoms with Crippen LogP contribution >= 0.6 is 0 Å². The standard InChI is InChI=1S/C10H13F2N3O3S/c11-9(12)19(17,18)8-4-2-1-3-7(8)14-5-6-15-10(13)16/h1-4,9,14H,5-6H2,(H3,13,15,16). The molecule has 0 saturated heterocycles. The van der Waals surface area contributed by atoms with Crippen LogP contribution in [0.3, 0.4) is 0 Å². The molecule has 0 aliphatic heterocycles. The van der Waals surface area contributed by atoms with Crippen molar-refractivity contribution < 1.29 is 22.0 Å². The Bertz CT molecular complexity index is 549. The third kappa shape index (κ3) is 4.05. The number of rotatable bonds is 6. The summed E-state index contributed by atoms with van der Waals surface area (Å²) in [7, 11) is -4.67. The van der Waals surface area contributed by atoms with Gasteiger partial charge in [0.1, 0.15) is 0 Å². The molecule has 4 N–H and O–H groups in total. The van der Waals surface area contributed by atoms with Crippen LogP contribution in [0.15, 0.2) is 29.2 Å². The monoisotopic (exact) mass is 293 g/mol. The van der Waals surface area contributed by atoms with Crippen molar-refractivity contribution in [3.63, 3.8) is 0 Å². The van der Waals surface area contributed by atoms with E-state index in [0.29, 0.717) is 0 Å². The first kappa shape index (κ1) is 15.2. The second kappa shape index (κ2) is 6.32. The number of para-hydroxylation sites is 1. The molecule has 0 aromatic heterocycles. The topological polar surface area (TPSA) is 101 Å². The first-order valence-corrected chi connectivity index (χ1v) is 6.78. The van der Waals surface area contributed by atoms with Gasteiger partial charge in [0.2, 0.25) is 9.84 Å².